The van der Waals surface area contributed by atoms with Crippen LogP contribution in [0.15, 0.2) is 48.6 Å². The molecule has 10 nitrogen and oxygen atoms in total. The molecule has 1 aromatic rings. The monoisotopic (exact) mass is 563 g/mol. The van der Waals surface area contributed by atoms with Crippen LogP contribution in [0.25, 0.3) is 0 Å². The fourth-order valence-electron chi connectivity index (χ4n) is 4.19. The van der Waals surface area contributed by atoms with Crippen LogP contribution in [-0.2, 0) is 20.5 Å². The fraction of sp³-hybridized carbons (Fsp3) is 0.577. The molecule has 2 rings (SSSR count). The number of aliphatic hydroxyl groups excluding tert-OH is 3. The molecule has 13 heteroatoms. The second-order valence-electron chi connectivity index (χ2n) is 9.35. The van der Waals surface area contributed by atoms with Crippen LogP contribution in [-0.4, -0.2) is 74.7 Å². The zero-order valence-corrected chi connectivity index (χ0v) is 21.5. The van der Waals surface area contributed by atoms with Gasteiger partial charge in [0.15, 0.2) is 0 Å². The molecule has 1 unspecified atom stereocenters. The highest BCUT2D eigenvalue weighted by molar-refractivity contribution is 5.69. The smallest absolute Gasteiger partial charge is 0.416 e. The summed E-state index contributed by atoms with van der Waals surface area (Å²) in [4.78, 5) is 16.2. The summed E-state index contributed by atoms with van der Waals surface area (Å²) in [5.74, 6) is -1.25. The van der Waals surface area contributed by atoms with Crippen molar-refractivity contribution in [1.82, 2.24) is 5.39 Å². The molecule has 0 amide bonds. The predicted molar refractivity (Wildman–Crippen MR) is 130 cm³/mol. The maximum absolute atomic E-state index is 12.8. The van der Waals surface area contributed by atoms with Gasteiger partial charge in [-0.05, 0) is 50.3 Å². The van der Waals surface area contributed by atoms with Gasteiger partial charge in [0.05, 0.1) is 23.2 Å². The molecule has 5 N–H and O–H groups in total. The molecule has 1 aromatic carbocycles. The Hall–Kier alpha value is -2.52. The third kappa shape index (κ3) is 12.0. The van der Waals surface area contributed by atoms with Gasteiger partial charge >= 0.3 is 12.1 Å². The highest BCUT2D eigenvalue weighted by Gasteiger charge is 2.39. The Morgan fingerprint density at radius 3 is 2.62 bits per heavy atom. The van der Waals surface area contributed by atoms with Gasteiger partial charge in [-0.1, -0.05) is 30.4 Å². The molecule has 0 spiro atoms. The number of hydrogen-bond donors (Lipinski definition) is 5. The van der Waals surface area contributed by atoms with Crippen molar-refractivity contribution < 1.29 is 58.0 Å². The van der Waals surface area contributed by atoms with E-state index in [0.717, 1.165) is 12.1 Å². The van der Waals surface area contributed by atoms with Crippen molar-refractivity contribution >= 4 is 5.97 Å². The molecule has 39 heavy (non-hydrogen) atoms. The zero-order valence-electron chi connectivity index (χ0n) is 21.5. The molecule has 0 saturated heterocycles. The standard InChI is InChI=1S/C26H36F3NO9/c1-17(15-38-30(35)36)39-25(34)10-5-3-2-4-9-21-22(24(33)14-23(21)32)12-11-19(31)16-37-20-8-6-7-18(13-20)26(27,28)29/h2,4,6-8,11-13,17,19,21-24,31-33,35-36H,3,5,9-10,14-16H2,1H3/b4-2-,12-11+/t17?,19-,21-,22-,23+,24-/m1/s1. The van der Waals surface area contributed by atoms with Gasteiger partial charge in [-0.2, -0.15) is 13.2 Å². The van der Waals surface area contributed by atoms with Crippen molar-refractivity contribution in [2.24, 2.45) is 11.8 Å². The Labute approximate surface area is 224 Å². The quantitative estimate of drug-likeness (QED) is 0.0930. The van der Waals surface area contributed by atoms with Crippen LogP contribution in [0.5, 0.6) is 5.75 Å². The molecule has 1 aliphatic rings. The largest absolute Gasteiger partial charge is 0.491 e. The Bertz CT molecular complexity index is 941. The summed E-state index contributed by atoms with van der Waals surface area (Å²) in [5.41, 5.74) is -0.858. The number of hydrogen-bond acceptors (Lipinski definition) is 10. The van der Waals surface area contributed by atoms with Crippen LogP contribution < -0.4 is 4.74 Å². The predicted octanol–water partition coefficient (Wildman–Crippen LogP) is 3.42. The van der Waals surface area contributed by atoms with Crippen LogP contribution >= 0.6 is 0 Å². The lowest BCUT2D eigenvalue weighted by Gasteiger charge is -2.19. The summed E-state index contributed by atoms with van der Waals surface area (Å²) in [5, 5.41) is 47.4. The van der Waals surface area contributed by atoms with Crippen LogP contribution in [0, 0.1) is 11.8 Å². The van der Waals surface area contributed by atoms with E-state index in [1.54, 1.807) is 6.08 Å². The van der Waals surface area contributed by atoms with Gasteiger partial charge < -0.3 is 24.8 Å². The van der Waals surface area contributed by atoms with Crippen LogP contribution in [0.4, 0.5) is 13.2 Å². The first-order valence-electron chi connectivity index (χ1n) is 12.5. The van der Waals surface area contributed by atoms with Crippen molar-refractivity contribution in [3.8, 4) is 5.75 Å². The fourth-order valence-corrected chi connectivity index (χ4v) is 4.19. The van der Waals surface area contributed by atoms with E-state index >= 15 is 0 Å². The van der Waals surface area contributed by atoms with Crippen LogP contribution in [0.3, 0.4) is 0 Å². The van der Waals surface area contributed by atoms with Crippen molar-refractivity contribution in [1.29, 1.82) is 0 Å². The number of halogens is 3. The lowest BCUT2D eigenvalue weighted by atomic mass is 9.89. The number of aliphatic hydroxyl groups is 3. The first-order valence-corrected chi connectivity index (χ1v) is 12.5. The molecular formula is C26H36F3NO9. The highest BCUT2D eigenvalue weighted by atomic mass is 19.4. The van der Waals surface area contributed by atoms with Crippen molar-refractivity contribution in [3.63, 3.8) is 0 Å². The molecule has 0 heterocycles. The number of carbonyl (C=O) groups excluding carboxylic acids is 1. The van der Waals surface area contributed by atoms with E-state index in [9.17, 15) is 33.3 Å². The molecular weight excluding hydrogens is 527 g/mol. The summed E-state index contributed by atoms with van der Waals surface area (Å²) >= 11 is 0. The summed E-state index contributed by atoms with van der Waals surface area (Å²) in [6.45, 7) is 1.03. The van der Waals surface area contributed by atoms with Gasteiger partial charge in [-0.15, -0.1) is 0 Å². The van der Waals surface area contributed by atoms with Gasteiger partial charge in [0, 0.05) is 18.8 Å². The second-order valence-corrected chi connectivity index (χ2v) is 9.35. The first-order chi connectivity index (χ1) is 18.4. The number of allylic oxidation sites excluding steroid dienone is 2. The van der Waals surface area contributed by atoms with Gasteiger partial charge in [0.2, 0.25) is 0 Å². The first kappa shape index (κ1) is 32.7. The third-order valence-corrected chi connectivity index (χ3v) is 6.14. The number of rotatable bonds is 15. The molecule has 0 bridgehead atoms. The highest BCUT2D eigenvalue weighted by Crippen LogP contribution is 2.36. The Kier molecular flexibility index (Phi) is 13.3. The second kappa shape index (κ2) is 15.9. The minimum atomic E-state index is -4.51. The topological polar surface area (TPSA) is 149 Å². The van der Waals surface area contributed by atoms with Crippen LogP contribution in [0.2, 0.25) is 0 Å². The van der Waals surface area contributed by atoms with Gasteiger partial charge in [0.1, 0.15) is 31.2 Å². The molecule has 0 aliphatic heterocycles. The molecule has 0 aromatic heterocycles. The van der Waals surface area contributed by atoms with Crippen LogP contribution in [0.1, 0.15) is 44.6 Å². The Balaban J connectivity index is 1.76. The minimum Gasteiger partial charge on any atom is -0.491 e. The molecule has 220 valence electrons. The molecule has 1 fully saturated rings. The normalized spacial score (nSPS) is 23.5. The summed E-state index contributed by atoms with van der Waals surface area (Å²) in [7, 11) is 0. The lowest BCUT2D eigenvalue weighted by molar-refractivity contribution is -0.494. The van der Waals surface area contributed by atoms with Crippen molar-refractivity contribution in [2.45, 2.75) is 69.6 Å². The van der Waals surface area contributed by atoms with E-state index in [1.165, 1.54) is 25.1 Å². The van der Waals surface area contributed by atoms with E-state index in [-0.39, 0.29) is 37.7 Å². The third-order valence-electron chi connectivity index (χ3n) is 6.14. The average molecular weight is 564 g/mol. The minimum absolute atomic E-state index is 0.0341. The molecule has 6 atom stereocenters. The number of unbranched alkanes of at least 4 members (excludes halogenated alkanes) is 1. The lowest BCUT2D eigenvalue weighted by Crippen LogP contribution is -2.25. The maximum atomic E-state index is 12.8. The van der Waals surface area contributed by atoms with Gasteiger partial charge in [0.25, 0.3) is 0 Å². The van der Waals surface area contributed by atoms with Crippen molar-refractivity contribution in [2.75, 3.05) is 13.2 Å². The Morgan fingerprint density at radius 1 is 1.18 bits per heavy atom. The van der Waals surface area contributed by atoms with E-state index in [0.29, 0.717) is 19.3 Å². The molecule has 1 saturated carbocycles. The Morgan fingerprint density at radius 2 is 1.92 bits per heavy atom. The van der Waals surface area contributed by atoms with E-state index in [4.69, 9.17) is 19.9 Å². The number of ether oxygens (including phenoxy) is 2. The number of esters is 1. The van der Waals surface area contributed by atoms with E-state index in [2.05, 4.69) is 4.84 Å². The van der Waals surface area contributed by atoms with E-state index < -0.39 is 53.4 Å². The molecule has 1 aliphatic carbocycles. The number of alkyl halides is 3. The van der Waals surface area contributed by atoms with E-state index in [1.807, 2.05) is 12.2 Å². The SMILES string of the molecule is CC(CON(O)O)OC(=O)CCC/C=C\C[C@@H]1[C@@H](/C=C/[C@@H](O)COc2cccc(C(F)(F)F)c2)[C@H](O)C[C@@H]1O. The summed E-state index contributed by atoms with van der Waals surface area (Å²) in [6.07, 6.45) is 0.626. The zero-order chi connectivity index (χ0) is 29.0. The van der Waals surface area contributed by atoms with Gasteiger partial charge in [-0.25, -0.2) is 4.84 Å². The molecule has 0 radical (unpaired) electrons. The van der Waals surface area contributed by atoms with Crippen molar-refractivity contribution in [3.05, 3.63) is 54.1 Å². The average Bonchev–Trinajstić information content (AvgIpc) is 3.13. The van der Waals surface area contributed by atoms with Gasteiger partial charge in [-0.3, -0.25) is 15.2 Å². The summed E-state index contributed by atoms with van der Waals surface area (Å²) < 4.78 is 48.8. The number of nitrogens with zero attached hydrogens (tertiary/aromatic N) is 1. The number of carbonyl (C=O) groups is 1. The maximum Gasteiger partial charge on any atom is 0.416 e. The summed E-state index contributed by atoms with van der Waals surface area (Å²) in [6, 6.07) is 4.33. The number of benzene rings is 1.